The summed E-state index contributed by atoms with van der Waals surface area (Å²) >= 11 is 0. The maximum absolute atomic E-state index is 9.00. The van der Waals surface area contributed by atoms with Crippen LogP contribution in [0.15, 0.2) is 0 Å². The van der Waals surface area contributed by atoms with E-state index in [1.807, 2.05) is 0 Å². The summed E-state index contributed by atoms with van der Waals surface area (Å²) in [4.78, 5) is 4.73. The van der Waals surface area contributed by atoms with E-state index in [0.29, 0.717) is 12.3 Å². The second-order valence-electron chi connectivity index (χ2n) is 4.87. The minimum atomic E-state index is 0.189. The predicted octanol–water partition coefficient (Wildman–Crippen LogP) is 2.31. The number of aromatic nitrogens is 2. The zero-order valence-electron chi connectivity index (χ0n) is 10.4. The molecule has 0 spiro atoms. The van der Waals surface area contributed by atoms with Gasteiger partial charge in [-0.05, 0) is 19.8 Å². The molecule has 2 rings (SSSR count). The number of hydrogen-bond donors (Lipinski definition) is 1. The van der Waals surface area contributed by atoms with Crippen molar-refractivity contribution in [3.8, 4) is 0 Å². The Hall–Kier alpha value is -0.830. The fourth-order valence-electron chi connectivity index (χ4n) is 2.75. The highest BCUT2D eigenvalue weighted by Crippen LogP contribution is 2.33. The molecule has 0 radical (unpaired) electrons. The van der Waals surface area contributed by atoms with E-state index in [1.54, 1.807) is 0 Å². The van der Waals surface area contributed by atoms with Gasteiger partial charge in [-0.1, -0.05) is 19.3 Å². The van der Waals surface area contributed by atoms with E-state index < -0.39 is 0 Å². The number of aliphatic hydroxyl groups excluding tert-OH is 1. The topological polar surface area (TPSA) is 38.1 Å². The molecule has 0 bridgehead atoms. The highest BCUT2D eigenvalue weighted by atomic mass is 16.3. The highest BCUT2D eigenvalue weighted by Gasteiger charge is 2.21. The van der Waals surface area contributed by atoms with Crippen molar-refractivity contribution in [1.29, 1.82) is 0 Å². The molecule has 1 aliphatic carbocycles. The molecule has 0 unspecified atom stereocenters. The van der Waals surface area contributed by atoms with Crippen molar-refractivity contribution in [2.75, 3.05) is 6.61 Å². The minimum absolute atomic E-state index is 0.189. The van der Waals surface area contributed by atoms with E-state index >= 15 is 0 Å². The molecule has 0 aliphatic heterocycles. The van der Waals surface area contributed by atoms with Crippen molar-refractivity contribution in [1.82, 2.24) is 9.55 Å². The van der Waals surface area contributed by atoms with Gasteiger partial charge in [-0.3, -0.25) is 0 Å². The Morgan fingerprint density at radius 3 is 2.62 bits per heavy atom. The third-order valence-corrected chi connectivity index (χ3v) is 3.84. The van der Waals surface area contributed by atoms with Gasteiger partial charge in [-0.2, -0.15) is 0 Å². The van der Waals surface area contributed by atoms with Gasteiger partial charge < -0.3 is 9.67 Å². The summed E-state index contributed by atoms with van der Waals surface area (Å²) in [6, 6.07) is 0. The van der Waals surface area contributed by atoms with Gasteiger partial charge in [-0.15, -0.1) is 0 Å². The van der Waals surface area contributed by atoms with Crippen molar-refractivity contribution in [3.63, 3.8) is 0 Å². The summed E-state index contributed by atoms with van der Waals surface area (Å²) in [5.74, 6) is 1.69. The molecule has 1 aliphatic rings. The average Bonchev–Trinajstić information content (AvgIpc) is 2.59. The Balaban J connectivity index is 2.22. The summed E-state index contributed by atoms with van der Waals surface area (Å²) in [5, 5.41) is 9.00. The first-order valence-corrected chi connectivity index (χ1v) is 6.37. The quantitative estimate of drug-likeness (QED) is 0.852. The maximum Gasteiger partial charge on any atom is 0.111 e. The number of hydrogen-bond acceptors (Lipinski definition) is 2. The minimum Gasteiger partial charge on any atom is -0.396 e. The van der Waals surface area contributed by atoms with E-state index in [2.05, 4.69) is 18.5 Å². The van der Waals surface area contributed by atoms with Crippen LogP contribution in [0.3, 0.4) is 0 Å². The Morgan fingerprint density at radius 1 is 1.31 bits per heavy atom. The normalized spacial score (nSPS) is 17.9. The van der Waals surface area contributed by atoms with E-state index in [1.165, 1.54) is 43.5 Å². The lowest BCUT2D eigenvalue weighted by Gasteiger charge is -2.20. The van der Waals surface area contributed by atoms with E-state index in [-0.39, 0.29) is 6.61 Å². The number of imidazole rings is 1. The fourth-order valence-corrected chi connectivity index (χ4v) is 2.75. The molecule has 0 aromatic carbocycles. The maximum atomic E-state index is 9.00. The van der Waals surface area contributed by atoms with Crippen molar-refractivity contribution >= 4 is 0 Å². The number of nitrogens with zero attached hydrogens (tertiary/aromatic N) is 2. The molecule has 0 amide bonds. The zero-order chi connectivity index (χ0) is 11.5. The van der Waals surface area contributed by atoms with Crippen LogP contribution < -0.4 is 0 Å². The molecular weight excluding hydrogens is 200 g/mol. The van der Waals surface area contributed by atoms with Crippen LogP contribution in [-0.4, -0.2) is 21.3 Å². The molecule has 3 heteroatoms. The van der Waals surface area contributed by atoms with Crippen LogP contribution in [0.4, 0.5) is 0 Å². The average molecular weight is 222 g/mol. The first kappa shape index (κ1) is 11.6. The Morgan fingerprint density at radius 2 is 2.00 bits per heavy atom. The second-order valence-corrected chi connectivity index (χ2v) is 4.87. The molecule has 3 nitrogen and oxygen atoms in total. The van der Waals surface area contributed by atoms with Gasteiger partial charge >= 0.3 is 0 Å². The van der Waals surface area contributed by atoms with Crippen molar-refractivity contribution in [2.24, 2.45) is 7.05 Å². The largest absolute Gasteiger partial charge is 0.396 e. The molecule has 1 aromatic heterocycles. The molecule has 0 atom stereocenters. The zero-order valence-corrected chi connectivity index (χ0v) is 10.4. The molecule has 1 saturated carbocycles. The van der Waals surface area contributed by atoms with Crippen LogP contribution in [-0.2, 0) is 13.5 Å². The summed E-state index contributed by atoms with van der Waals surface area (Å²) < 4.78 is 2.14. The van der Waals surface area contributed by atoms with Crippen molar-refractivity contribution in [3.05, 3.63) is 17.2 Å². The van der Waals surface area contributed by atoms with Gasteiger partial charge in [0.05, 0.1) is 12.3 Å². The van der Waals surface area contributed by atoms with Crippen LogP contribution in [0.2, 0.25) is 0 Å². The van der Waals surface area contributed by atoms with Crippen LogP contribution >= 0.6 is 0 Å². The Kier molecular flexibility index (Phi) is 3.64. The monoisotopic (exact) mass is 222 g/mol. The molecule has 1 heterocycles. The van der Waals surface area contributed by atoms with Gasteiger partial charge in [0, 0.05) is 25.1 Å². The fraction of sp³-hybridized carbons (Fsp3) is 0.769. The molecule has 0 saturated heterocycles. The predicted molar refractivity (Wildman–Crippen MR) is 64.6 cm³/mol. The van der Waals surface area contributed by atoms with E-state index in [0.717, 1.165) is 5.82 Å². The van der Waals surface area contributed by atoms with Gasteiger partial charge in [0.25, 0.3) is 0 Å². The smallest absolute Gasteiger partial charge is 0.111 e. The third kappa shape index (κ3) is 2.14. The van der Waals surface area contributed by atoms with Gasteiger partial charge in [0.15, 0.2) is 0 Å². The molecule has 1 N–H and O–H groups in total. The lowest BCUT2D eigenvalue weighted by molar-refractivity contribution is 0.295. The van der Waals surface area contributed by atoms with Crippen LogP contribution in [0.5, 0.6) is 0 Å². The second kappa shape index (κ2) is 5.00. The van der Waals surface area contributed by atoms with Gasteiger partial charge in [0.2, 0.25) is 0 Å². The van der Waals surface area contributed by atoms with Gasteiger partial charge in [-0.25, -0.2) is 4.98 Å². The number of rotatable bonds is 3. The lowest BCUT2D eigenvalue weighted by Crippen LogP contribution is -2.06. The molecular formula is C13H22N2O. The first-order chi connectivity index (χ1) is 7.74. The summed E-state index contributed by atoms with van der Waals surface area (Å²) in [6.45, 7) is 2.34. The van der Waals surface area contributed by atoms with Gasteiger partial charge in [0.1, 0.15) is 5.82 Å². The number of aliphatic hydroxyl groups is 1. The highest BCUT2D eigenvalue weighted by molar-refractivity contribution is 5.20. The summed E-state index contributed by atoms with van der Waals surface area (Å²) in [5.41, 5.74) is 2.57. The SMILES string of the molecule is Cc1c(C2CCCCC2)nc(CCO)n1C. The Bertz CT molecular complexity index is 351. The first-order valence-electron chi connectivity index (χ1n) is 6.37. The van der Waals surface area contributed by atoms with Crippen molar-refractivity contribution in [2.45, 2.75) is 51.4 Å². The van der Waals surface area contributed by atoms with Crippen LogP contribution in [0.1, 0.15) is 55.2 Å². The molecule has 16 heavy (non-hydrogen) atoms. The third-order valence-electron chi connectivity index (χ3n) is 3.84. The van der Waals surface area contributed by atoms with E-state index in [4.69, 9.17) is 10.1 Å². The molecule has 1 aromatic rings. The molecule has 90 valence electrons. The summed E-state index contributed by atoms with van der Waals surface area (Å²) in [6.07, 6.45) is 7.31. The lowest BCUT2D eigenvalue weighted by atomic mass is 9.86. The van der Waals surface area contributed by atoms with Crippen LogP contribution in [0, 0.1) is 6.92 Å². The van der Waals surface area contributed by atoms with Crippen molar-refractivity contribution < 1.29 is 5.11 Å². The standard InChI is InChI=1S/C13H22N2O/c1-10-13(11-6-4-3-5-7-11)14-12(8-9-16)15(10)2/h11,16H,3-9H2,1-2H3. The van der Waals surface area contributed by atoms with Crippen LogP contribution in [0.25, 0.3) is 0 Å². The summed E-state index contributed by atoms with van der Waals surface area (Å²) in [7, 11) is 2.06. The Labute approximate surface area is 97.5 Å². The van der Waals surface area contributed by atoms with E-state index in [9.17, 15) is 0 Å². The molecule has 1 fully saturated rings.